The van der Waals surface area contributed by atoms with Crippen LogP contribution in [0.4, 0.5) is 0 Å². The summed E-state index contributed by atoms with van der Waals surface area (Å²) in [5.74, 6) is -0.394. The molecule has 0 spiro atoms. The van der Waals surface area contributed by atoms with E-state index in [4.69, 9.17) is 4.74 Å². The number of aliphatic imine (C=N–C) groups is 1. The third kappa shape index (κ3) is 5.07. The Labute approximate surface area is 178 Å². The SMILES string of the molecule is BC(O)(O)C(B)(O)OC(=O)C1=C(CN2CCN(C=O)CC2)NC(c2nccs2)=NC1. The van der Waals surface area contributed by atoms with Gasteiger partial charge in [-0.25, -0.2) is 9.78 Å². The van der Waals surface area contributed by atoms with Gasteiger partial charge in [0.05, 0.1) is 12.1 Å². The Morgan fingerprint density at radius 1 is 1.30 bits per heavy atom. The van der Waals surface area contributed by atoms with E-state index in [-0.39, 0.29) is 12.1 Å². The summed E-state index contributed by atoms with van der Waals surface area (Å²) in [5.41, 5.74) is -4.48. The zero-order chi connectivity index (χ0) is 21.9. The first-order valence-corrected chi connectivity index (χ1v) is 10.2. The van der Waals surface area contributed by atoms with Gasteiger partial charge in [-0.05, 0) is 0 Å². The number of carbonyl (C=O) groups excluding carboxylic acids is 2. The summed E-state index contributed by atoms with van der Waals surface area (Å²) in [4.78, 5) is 36.0. The smallest absolute Gasteiger partial charge is 0.339 e. The van der Waals surface area contributed by atoms with Crippen molar-refractivity contribution in [2.45, 2.75) is 11.4 Å². The monoisotopic (exact) mass is 435 g/mol. The van der Waals surface area contributed by atoms with Crippen LogP contribution in [0.2, 0.25) is 0 Å². The Morgan fingerprint density at radius 2 is 2.00 bits per heavy atom. The van der Waals surface area contributed by atoms with Crippen LogP contribution >= 0.6 is 11.3 Å². The minimum Gasteiger partial charge on any atom is -0.434 e. The van der Waals surface area contributed by atoms with Gasteiger partial charge in [0.2, 0.25) is 19.9 Å². The Hall–Kier alpha value is -2.25. The maximum atomic E-state index is 12.7. The number of carbonyl (C=O) groups is 2. The van der Waals surface area contributed by atoms with Crippen LogP contribution in [0.15, 0.2) is 27.8 Å². The molecule has 1 aromatic rings. The number of esters is 1. The van der Waals surface area contributed by atoms with Gasteiger partial charge in [0.25, 0.3) is 0 Å². The van der Waals surface area contributed by atoms with Gasteiger partial charge in [0, 0.05) is 50.0 Å². The maximum absolute atomic E-state index is 12.7. The standard InChI is InChI=1S/C16H23B2N5O6S/c17-15(26,27)16(18,28)29-14(25)10-7-20-12(13-19-1-6-30-13)21-11(10)8-22-2-4-23(9-24)5-3-22/h1,6,9,26-28H,2-5,7-8,17-18H2,(H,20,21). The van der Waals surface area contributed by atoms with E-state index in [2.05, 4.69) is 20.2 Å². The number of amides is 1. The van der Waals surface area contributed by atoms with Gasteiger partial charge in [-0.15, -0.1) is 11.3 Å². The molecule has 2 aliphatic heterocycles. The quantitative estimate of drug-likeness (QED) is 0.144. The number of thiazole rings is 1. The largest absolute Gasteiger partial charge is 0.434 e. The molecule has 3 rings (SSSR count). The lowest BCUT2D eigenvalue weighted by Gasteiger charge is -2.36. The summed E-state index contributed by atoms with van der Waals surface area (Å²) in [6, 6.07) is 0. The molecule has 2 aliphatic rings. The van der Waals surface area contributed by atoms with Crippen molar-refractivity contribution < 1.29 is 29.6 Å². The van der Waals surface area contributed by atoms with Crippen molar-refractivity contribution in [3.8, 4) is 0 Å². The number of piperazine rings is 1. The third-order valence-corrected chi connectivity index (χ3v) is 5.80. The van der Waals surface area contributed by atoms with E-state index in [0.717, 1.165) is 22.1 Å². The molecule has 0 aromatic carbocycles. The number of nitrogens with zero attached hydrogens (tertiary/aromatic N) is 4. The Balaban J connectivity index is 1.80. The summed E-state index contributed by atoms with van der Waals surface area (Å²) in [6.45, 7) is 2.74. The minimum absolute atomic E-state index is 0.0198. The number of amidine groups is 1. The van der Waals surface area contributed by atoms with Crippen LogP contribution in [-0.2, 0) is 14.3 Å². The fourth-order valence-corrected chi connectivity index (χ4v) is 3.48. The van der Waals surface area contributed by atoms with Crippen LogP contribution in [0.25, 0.3) is 0 Å². The molecule has 0 aliphatic carbocycles. The number of nitrogens with one attached hydrogen (secondary N) is 1. The highest BCUT2D eigenvalue weighted by molar-refractivity contribution is 7.11. The minimum atomic E-state index is -2.65. The van der Waals surface area contributed by atoms with Gasteiger partial charge in [0.1, 0.15) is 0 Å². The molecular weight excluding hydrogens is 412 g/mol. The van der Waals surface area contributed by atoms with Crippen molar-refractivity contribution in [1.82, 2.24) is 20.1 Å². The van der Waals surface area contributed by atoms with Crippen LogP contribution in [0.3, 0.4) is 0 Å². The zero-order valence-corrected chi connectivity index (χ0v) is 17.6. The Morgan fingerprint density at radius 3 is 2.57 bits per heavy atom. The molecule has 1 fully saturated rings. The highest BCUT2D eigenvalue weighted by Crippen LogP contribution is 2.21. The number of ether oxygens (including phenoxy) is 1. The fraction of sp³-hybridized carbons (Fsp3) is 0.500. The average molecular weight is 435 g/mol. The fourth-order valence-electron chi connectivity index (χ4n) is 2.88. The average Bonchev–Trinajstić information content (AvgIpc) is 3.22. The molecule has 1 aromatic heterocycles. The topological polar surface area (TPSA) is 148 Å². The molecule has 1 amide bonds. The van der Waals surface area contributed by atoms with Gasteiger partial charge in [-0.2, -0.15) is 0 Å². The van der Waals surface area contributed by atoms with E-state index >= 15 is 0 Å². The molecule has 0 radical (unpaired) electrons. The van der Waals surface area contributed by atoms with Crippen LogP contribution in [0, 0.1) is 0 Å². The second-order valence-electron chi connectivity index (χ2n) is 7.39. The predicted octanol–water partition coefficient (Wildman–Crippen LogP) is -4.39. The van der Waals surface area contributed by atoms with Crippen molar-refractivity contribution in [1.29, 1.82) is 0 Å². The van der Waals surface area contributed by atoms with E-state index in [0.29, 0.717) is 49.3 Å². The third-order valence-electron chi connectivity index (χ3n) is 5.02. The van der Waals surface area contributed by atoms with Crippen molar-refractivity contribution in [2.75, 3.05) is 39.3 Å². The first-order chi connectivity index (χ1) is 14.1. The highest BCUT2D eigenvalue weighted by Gasteiger charge is 2.44. The van der Waals surface area contributed by atoms with E-state index in [9.17, 15) is 24.9 Å². The number of hydrogen-bond acceptors (Lipinski definition) is 11. The molecule has 30 heavy (non-hydrogen) atoms. The molecule has 3 heterocycles. The summed E-state index contributed by atoms with van der Waals surface area (Å²) in [7, 11) is 1.91. The molecular formula is C16H23B2N5O6S. The summed E-state index contributed by atoms with van der Waals surface area (Å²) in [5, 5.41) is 35.1. The predicted molar refractivity (Wildman–Crippen MR) is 113 cm³/mol. The van der Waals surface area contributed by atoms with Crippen molar-refractivity contribution >= 4 is 45.2 Å². The molecule has 11 nitrogen and oxygen atoms in total. The normalized spacial score (nSPS) is 20.2. The van der Waals surface area contributed by atoms with Crippen LogP contribution in [0.5, 0.6) is 0 Å². The Kier molecular flexibility index (Phi) is 6.62. The number of aliphatic hydroxyl groups is 3. The first kappa shape index (κ1) is 22.4. The molecule has 1 atom stereocenters. The van der Waals surface area contributed by atoms with Crippen LogP contribution in [0.1, 0.15) is 5.01 Å². The van der Waals surface area contributed by atoms with E-state index < -0.39 is 17.3 Å². The molecule has 1 saturated heterocycles. The van der Waals surface area contributed by atoms with Crippen LogP contribution < -0.4 is 5.32 Å². The number of hydrogen-bond donors (Lipinski definition) is 4. The Bertz CT molecular complexity index is 847. The van der Waals surface area contributed by atoms with Gasteiger partial charge in [0.15, 0.2) is 24.4 Å². The second-order valence-corrected chi connectivity index (χ2v) is 8.29. The lowest BCUT2D eigenvalue weighted by molar-refractivity contribution is -0.276. The lowest BCUT2D eigenvalue weighted by atomic mass is 9.75. The van der Waals surface area contributed by atoms with Crippen LogP contribution in [-0.4, -0.2) is 115 Å². The van der Waals surface area contributed by atoms with Gasteiger partial charge in [-0.3, -0.25) is 14.7 Å². The van der Waals surface area contributed by atoms with E-state index in [1.54, 1.807) is 11.1 Å². The summed E-state index contributed by atoms with van der Waals surface area (Å²) in [6.07, 6.45) is 2.46. The molecule has 1 unspecified atom stereocenters. The number of aromatic nitrogens is 1. The van der Waals surface area contributed by atoms with E-state index in [1.807, 2.05) is 5.38 Å². The van der Waals surface area contributed by atoms with Gasteiger partial charge in [-0.1, -0.05) is 0 Å². The van der Waals surface area contributed by atoms with Crippen molar-refractivity contribution in [3.63, 3.8) is 0 Å². The lowest BCUT2D eigenvalue weighted by Crippen LogP contribution is -2.58. The molecule has 0 bridgehead atoms. The molecule has 0 saturated carbocycles. The summed E-state index contributed by atoms with van der Waals surface area (Å²) < 4.78 is 4.98. The highest BCUT2D eigenvalue weighted by atomic mass is 32.1. The maximum Gasteiger partial charge on any atom is 0.339 e. The molecule has 160 valence electrons. The second kappa shape index (κ2) is 8.86. The summed E-state index contributed by atoms with van der Waals surface area (Å²) >= 11 is 1.40. The van der Waals surface area contributed by atoms with Crippen molar-refractivity contribution in [3.05, 3.63) is 27.9 Å². The van der Waals surface area contributed by atoms with E-state index in [1.165, 1.54) is 11.3 Å². The zero-order valence-electron chi connectivity index (χ0n) is 16.7. The van der Waals surface area contributed by atoms with Gasteiger partial charge < -0.3 is 30.3 Å². The number of rotatable bonds is 7. The van der Waals surface area contributed by atoms with Gasteiger partial charge >= 0.3 is 5.97 Å². The first-order valence-electron chi connectivity index (χ1n) is 9.36. The molecule has 4 N–H and O–H groups in total. The van der Waals surface area contributed by atoms with Crippen molar-refractivity contribution in [2.24, 2.45) is 4.99 Å². The molecule has 14 heteroatoms.